The maximum absolute atomic E-state index is 12.3. The van der Waals surface area contributed by atoms with Crippen LogP contribution in [0.15, 0.2) is 69.7 Å². The van der Waals surface area contributed by atoms with Crippen LogP contribution in [-0.2, 0) is 6.54 Å². The second-order valence-electron chi connectivity index (χ2n) is 6.38. The van der Waals surface area contributed by atoms with Crippen molar-refractivity contribution in [3.8, 4) is 34.1 Å². The maximum Gasteiger partial charge on any atom is 0.273 e. The van der Waals surface area contributed by atoms with E-state index in [0.29, 0.717) is 28.7 Å². The van der Waals surface area contributed by atoms with Gasteiger partial charge >= 0.3 is 0 Å². The molecule has 0 spiro atoms. The topological polar surface area (TPSA) is 99.6 Å². The van der Waals surface area contributed by atoms with Gasteiger partial charge in [0, 0.05) is 23.3 Å². The lowest BCUT2D eigenvalue weighted by Gasteiger charge is -1.99. The van der Waals surface area contributed by atoms with Crippen LogP contribution in [0.2, 0.25) is 0 Å². The summed E-state index contributed by atoms with van der Waals surface area (Å²) in [5.74, 6) is 2.10. The number of aromatic nitrogens is 2. The van der Waals surface area contributed by atoms with Crippen LogP contribution in [0.5, 0.6) is 11.5 Å². The number of nitrogens with one attached hydrogen (secondary N) is 1. The van der Waals surface area contributed by atoms with E-state index in [0.717, 1.165) is 11.1 Å². The second-order valence-corrected chi connectivity index (χ2v) is 6.38. The van der Waals surface area contributed by atoms with Gasteiger partial charge in [-0.2, -0.15) is 0 Å². The van der Waals surface area contributed by atoms with Crippen LogP contribution < -0.4 is 14.8 Å². The third kappa shape index (κ3) is 3.43. The molecule has 0 radical (unpaired) electrons. The Hall–Kier alpha value is -4.07. The molecule has 29 heavy (non-hydrogen) atoms. The van der Waals surface area contributed by atoms with Gasteiger partial charge in [-0.3, -0.25) is 4.79 Å². The van der Waals surface area contributed by atoms with Gasteiger partial charge in [-0.15, -0.1) is 0 Å². The van der Waals surface area contributed by atoms with Gasteiger partial charge in [0.25, 0.3) is 5.91 Å². The molecular weight excluding hydrogens is 374 g/mol. The minimum absolute atomic E-state index is 0.195. The first-order valence-electron chi connectivity index (χ1n) is 8.92. The molecule has 1 N–H and O–H groups in total. The molecule has 4 aromatic rings. The zero-order valence-corrected chi connectivity index (χ0v) is 15.1. The fraction of sp³-hybridized carbons (Fsp3) is 0.0952. The molecular formula is C21H15N3O5. The molecule has 1 aliphatic heterocycles. The molecule has 1 amide bonds. The molecule has 0 fully saturated rings. The van der Waals surface area contributed by atoms with E-state index in [1.165, 1.54) is 0 Å². The number of carbonyl (C=O) groups is 1. The molecule has 1 aliphatic rings. The van der Waals surface area contributed by atoms with Crippen molar-refractivity contribution in [3.05, 3.63) is 72.1 Å². The Bertz CT molecular complexity index is 1170. The van der Waals surface area contributed by atoms with Crippen molar-refractivity contribution in [3.63, 3.8) is 0 Å². The van der Waals surface area contributed by atoms with Gasteiger partial charge in [-0.05, 0) is 18.2 Å². The van der Waals surface area contributed by atoms with Crippen molar-refractivity contribution >= 4 is 5.91 Å². The van der Waals surface area contributed by atoms with E-state index in [-0.39, 0.29) is 24.9 Å². The smallest absolute Gasteiger partial charge is 0.273 e. The number of ether oxygens (including phenoxy) is 2. The minimum Gasteiger partial charge on any atom is -0.454 e. The molecule has 0 aliphatic carbocycles. The summed E-state index contributed by atoms with van der Waals surface area (Å²) in [6.07, 6.45) is 0. The second kappa shape index (κ2) is 7.16. The summed E-state index contributed by atoms with van der Waals surface area (Å²) < 4.78 is 21.3. The first-order valence-corrected chi connectivity index (χ1v) is 8.92. The first-order chi connectivity index (χ1) is 14.3. The predicted molar refractivity (Wildman–Crippen MR) is 101 cm³/mol. The molecule has 5 rings (SSSR count). The van der Waals surface area contributed by atoms with Crippen LogP contribution in [0.3, 0.4) is 0 Å². The third-order valence-electron chi connectivity index (χ3n) is 4.45. The molecule has 0 saturated heterocycles. The number of rotatable bonds is 5. The van der Waals surface area contributed by atoms with Crippen LogP contribution in [-0.4, -0.2) is 23.0 Å². The normalized spacial score (nSPS) is 12.1. The molecule has 2 aromatic heterocycles. The van der Waals surface area contributed by atoms with Gasteiger partial charge in [0.15, 0.2) is 28.7 Å². The van der Waals surface area contributed by atoms with Crippen LogP contribution in [0.25, 0.3) is 22.6 Å². The average molecular weight is 389 g/mol. The number of carbonyl (C=O) groups excluding carboxylic acids is 1. The molecule has 0 atom stereocenters. The highest BCUT2D eigenvalue weighted by Crippen LogP contribution is 2.36. The van der Waals surface area contributed by atoms with Gasteiger partial charge in [0.2, 0.25) is 6.79 Å². The monoisotopic (exact) mass is 389 g/mol. The maximum atomic E-state index is 12.3. The van der Waals surface area contributed by atoms with Gasteiger partial charge in [0.1, 0.15) is 5.69 Å². The minimum atomic E-state index is -0.358. The van der Waals surface area contributed by atoms with Gasteiger partial charge < -0.3 is 23.8 Å². The van der Waals surface area contributed by atoms with Gasteiger partial charge in [-0.1, -0.05) is 40.6 Å². The number of fused-ring (bicyclic) bond motifs is 1. The Morgan fingerprint density at radius 1 is 0.862 bits per heavy atom. The molecule has 2 aromatic carbocycles. The summed E-state index contributed by atoms with van der Waals surface area (Å²) in [6, 6.07) is 18.3. The third-order valence-corrected chi connectivity index (χ3v) is 4.45. The van der Waals surface area contributed by atoms with Gasteiger partial charge in [-0.25, -0.2) is 0 Å². The lowest BCUT2D eigenvalue weighted by atomic mass is 10.1. The predicted octanol–water partition coefficient (Wildman–Crippen LogP) is 3.66. The van der Waals surface area contributed by atoms with E-state index in [1.54, 1.807) is 12.1 Å². The summed E-state index contributed by atoms with van der Waals surface area (Å²) in [5.41, 5.74) is 2.44. The van der Waals surface area contributed by atoms with Crippen LogP contribution in [0.1, 0.15) is 16.2 Å². The zero-order chi connectivity index (χ0) is 19.6. The Balaban J connectivity index is 1.24. The van der Waals surface area contributed by atoms with Crippen molar-refractivity contribution in [1.29, 1.82) is 0 Å². The van der Waals surface area contributed by atoms with Crippen molar-refractivity contribution in [1.82, 2.24) is 15.6 Å². The van der Waals surface area contributed by atoms with Crippen LogP contribution >= 0.6 is 0 Å². The molecule has 144 valence electrons. The lowest BCUT2D eigenvalue weighted by molar-refractivity contribution is 0.0941. The standard InChI is InChI=1S/C21H15N3O5/c25-21(16-10-19(29-24-16)13-4-2-1-3-5-13)22-11-15-9-18(28-23-15)14-6-7-17-20(8-14)27-12-26-17/h1-10H,11-12H2,(H,22,25). The van der Waals surface area contributed by atoms with Crippen molar-refractivity contribution in [2.24, 2.45) is 0 Å². The Morgan fingerprint density at radius 2 is 1.66 bits per heavy atom. The summed E-state index contributed by atoms with van der Waals surface area (Å²) in [7, 11) is 0. The van der Waals surface area contributed by atoms with Crippen LogP contribution in [0, 0.1) is 0 Å². The van der Waals surface area contributed by atoms with Gasteiger partial charge in [0.05, 0.1) is 6.54 Å². The van der Waals surface area contributed by atoms with Crippen molar-refractivity contribution < 1.29 is 23.3 Å². The Labute approximate surface area is 165 Å². The number of benzene rings is 2. The molecule has 8 heteroatoms. The Morgan fingerprint density at radius 3 is 2.55 bits per heavy atom. The van der Waals surface area contributed by atoms with Crippen molar-refractivity contribution in [2.75, 3.05) is 6.79 Å². The van der Waals surface area contributed by atoms with Crippen molar-refractivity contribution in [2.45, 2.75) is 6.54 Å². The molecule has 0 bridgehead atoms. The summed E-state index contributed by atoms with van der Waals surface area (Å²) >= 11 is 0. The first kappa shape index (κ1) is 17.1. The molecule has 0 unspecified atom stereocenters. The van der Waals surface area contributed by atoms with E-state index < -0.39 is 0 Å². The SMILES string of the molecule is O=C(NCc1cc(-c2ccc3c(c2)OCO3)on1)c1cc(-c2ccccc2)on1. The average Bonchev–Trinajstić information content (AvgIpc) is 3.52. The molecule has 8 nitrogen and oxygen atoms in total. The van der Waals surface area contributed by atoms with E-state index >= 15 is 0 Å². The van der Waals surface area contributed by atoms with E-state index in [2.05, 4.69) is 15.6 Å². The quantitative estimate of drug-likeness (QED) is 0.556. The fourth-order valence-electron chi connectivity index (χ4n) is 2.96. The zero-order valence-electron chi connectivity index (χ0n) is 15.1. The highest BCUT2D eigenvalue weighted by atomic mass is 16.7. The summed E-state index contributed by atoms with van der Waals surface area (Å²) in [6.45, 7) is 0.404. The number of hydrogen-bond acceptors (Lipinski definition) is 7. The highest BCUT2D eigenvalue weighted by Gasteiger charge is 2.17. The fourth-order valence-corrected chi connectivity index (χ4v) is 2.96. The largest absolute Gasteiger partial charge is 0.454 e. The van der Waals surface area contributed by atoms with E-state index in [1.807, 2.05) is 48.5 Å². The van der Waals surface area contributed by atoms with E-state index in [4.69, 9.17) is 18.5 Å². The van der Waals surface area contributed by atoms with E-state index in [9.17, 15) is 4.79 Å². The molecule has 3 heterocycles. The number of amides is 1. The summed E-state index contributed by atoms with van der Waals surface area (Å²) in [5, 5.41) is 10.6. The highest BCUT2D eigenvalue weighted by molar-refractivity contribution is 5.93. The lowest BCUT2D eigenvalue weighted by Crippen LogP contribution is -2.23. The number of nitrogens with zero attached hydrogens (tertiary/aromatic N) is 2. The summed E-state index contributed by atoms with van der Waals surface area (Å²) in [4.78, 5) is 12.3. The molecule has 0 saturated carbocycles. The Kier molecular flexibility index (Phi) is 4.21. The number of hydrogen-bond donors (Lipinski definition) is 1. The van der Waals surface area contributed by atoms with Crippen LogP contribution in [0.4, 0.5) is 0 Å².